The minimum atomic E-state index is -0.786. The highest BCUT2D eigenvalue weighted by molar-refractivity contribution is 6.28. The van der Waals surface area contributed by atoms with Gasteiger partial charge in [-0.1, -0.05) is 12.1 Å². The van der Waals surface area contributed by atoms with E-state index in [1.165, 1.54) is 0 Å². The van der Waals surface area contributed by atoms with Gasteiger partial charge in [-0.15, -0.1) is 0 Å². The maximum atomic E-state index is 10.6. The first-order valence-corrected chi connectivity index (χ1v) is 5.95. The van der Waals surface area contributed by atoms with E-state index < -0.39 is 6.09 Å². The quantitative estimate of drug-likeness (QED) is 0.875. The van der Waals surface area contributed by atoms with Crippen molar-refractivity contribution >= 4 is 17.7 Å². The van der Waals surface area contributed by atoms with Crippen molar-refractivity contribution in [1.29, 1.82) is 0 Å². The molecule has 1 amide bonds. The summed E-state index contributed by atoms with van der Waals surface area (Å²) in [5.41, 5.74) is 8.47. The molecule has 0 bridgehead atoms. The number of carbonyl (C=O) groups is 1. The largest absolute Gasteiger partial charge is 0.445 e. The molecule has 0 unspecified atom stereocenters. The van der Waals surface area contributed by atoms with Crippen LogP contribution in [0, 0.1) is 6.92 Å². The SMILES string of the molecule is Cc1cc(-c2ccnc(Cl)n2)ccc1COC(N)=O. The second-order valence-corrected chi connectivity index (χ2v) is 4.30. The molecule has 2 N–H and O–H groups in total. The Balaban J connectivity index is 2.26. The van der Waals surface area contributed by atoms with Crippen LogP contribution >= 0.6 is 11.6 Å². The Morgan fingerprint density at radius 3 is 2.84 bits per heavy atom. The number of amides is 1. The van der Waals surface area contributed by atoms with Gasteiger partial charge in [-0.2, -0.15) is 0 Å². The molecule has 0 aliphatic carbocycles. The number of carbonyl (C=O) groups excluding carboxylic acids is 1. The van der Waals surface area contributed by atoms with Crippen LogP contribution in [0.5, 0.6) is 0 Å². The zero-order chi connectivity index (χ0) is 13.8. The second kappa shape index (κ2) is 5.67. The number of hydrogen-bond acceptors (Lipinski definition) is 4. The van der Waals surface area contributed by atoms with Gasteiger partial charge in [0.25, 0.3) is 0 Å². The van der Waals surface area contributed by atoms with E-state index in [-0.39, 0.29) is 11.9 Å². The van der Waals surface area contributed by atoms with Crippen LogP contribution in [0.3, 0.4) is 0 Å². The number of nitrogens with zero attached hydrogens (tertiary/aromatic N) is 2. The van der Waals surface area contributed by atoms with Crippen molar-refractivity contribution in [2.45, 2.75) is 13.5 Å². The van der Waals surface area contributed by atoms with Gasteiger partial charge in [0.2, 0.25) is 5.28 Å². The Morgan fingerprint density at radius 1 is 1.42 bits per heavy atom. The Hall–Kier alpha value is -2.14. The highest BCUT2D eigenvalue weighted by Crippen LogP contribution is 2.21. The average Bonchev–Trinajstić information content (AvgIpc) is 2.37. The van der Waals surface area contributed by atoms with Gasteiger partial charge < -0.3 is 10.5 Å². The molecule has 1 aromatic carbocycles. The maximum absolute atomic E-state index is 10.6. The number of aryl methyl sites for hydroxylation is 1. The van der Waals surface area contributed by atoms with E-state index in [4.69, 9.17) is 22.1 Å². The number of nitrogens with two attached hydrogens (primary N) is 1. The Bertz CT molecular complexity index is 617. The lowest BCUT2D eigenvalue weighted by atomic mass is 10.0. The number of ether oxygens (including phenoxy) is 1. The lowest BCUT2D eigenvalue weighted by Gasteiger charge is -2.08. The number of benzene rings is 1. The van der Waals surface area contributed by atoms with E-state index in [1.807, 2.05) is 25.1 Å². The van der Waals surface area contributed by atoms with E-state index in [0.717, 1.165) is 22.4 Å². The first-order valence-electron chi connectivity index (χ1n) is 5.57. The fourth-order valence-corrected chi connectivity index (χ4v) is 1.81. The molecule has 1 heterocycles. The molecule has 19 heavy (non-hydrogen) atoms. The number of aromatic nitrogens is 2. The summed E-state index contributed by atoms with van der Waals surface area (Å²) in [5.74, 6) is 0. The predicted octanol–water partition coefficient (Wildman–Crippen LogP) is 2.70. The molecule has 0 saturated carbocycles. The number of halogens is 1. The van der Waals surface area contributed by atoms with Crippen molar-refractivity contribution in [3.05, 3.63) is 46.9 Å². The van der Waals surface area contributed by atoms with Gasteiger partial charge in [0.05, 0.1) is 5.69 Å². The smallest absolute Gasteiger partial charge is 0.404 e. The Morgan fingerprint density at radius 2 is 2.21 bits per heavy atom. The van der Waals surface area contributed by atoms with Gasteiger partial charge in [-0.05, 0) is 41.8 Å². The van der Waals surface area contributed by atoms with Crippen LogP contribution in [0.25, 0.3) is 11.3 Å². The zero-order valence-corrected chi connectivity index (χ0v) is 11.0. The standard InChI is InChI=1S/C13H12ClN3O2/c1-8-6-9(11-4-5-16-12(14)17-11)2-3-10(8)7-19-13(15)18/h2-6H,7H2,1H3,(H2,15,18). The zero-order valence-electron chi connectivity index (χ0n) is 10.3. The molecule has 98 valence electrons. The van der Waals surface area contributed by atoms with Crippen LogP contribution < -0.4 is 5.73 Å². The van der Waals surface area contributed by atoms with Crippen LogP contribution in [0.2, 0.25) is 5.28 Å². The molecule has 2 rings (SSSR count). The average molecular weight is 278 g/mol. The molecule has 6 heteroatoms. The third-order valence-corrected chi connectivity index (χ3v) is 2.82. The van der Waals surface area contributed by atoms with Crippen molar-refractivity contribution in [3.63, 3.8) is 0 Å². The van der Waals surface area contributed by atoms with E-state index in [2.05, 4.69) is 9.97 Å². The minimum Gasteiger partial charge on any atom is -0.445 e. The molecule has 0 fully saturated rings. The third kappa shape index (κ3) is 3.42. The van der Waals surface area contributed by atoms with Crippen molar-refractivity contribution in [3.8, 4) is 11.3 Å². The van der Waals surface area contributed by atoms with E-state index in [0.29, 0.717) is 0 Å². The summed E-state index contributed by atoms with van der Waals surface area (Å²) < 4.78 is 4.77. The van der Waals surface area contributed by atoms with Gasteiger partial charge in [-0.3, -0.25) is 0 Å². The minimum absolute atomic E-state index is 0.159. The fraction of sp³-hybridized carbons (Fsp3) is 0.154. The lowest BCUT2D eigenvalue weighted by molar-refractivity contribution is 0.150. The predicted molar refractivity (Wildman–Crippen MR) is 71.6 cm³/mol. The highest BCUT2D eigenvalue weighted by atomic mass is 35.5. The molecule has 0 aliphatic rings. The normalized spacial score (nSPS) is 10.2. The van der Waals surface area contributed by atoms with Gasteiger partial charge in [0.1, 0.15) is 6.61 Å². The molecular weight excluding hydrogens is 266 g/mol. The van der Waals surface area contributed by atoms with Crippen molar-refractivity contribution < 1.29 is 9.53 Å². The van der Waals surface area contributed by atoms with Crippen molar-refractivity contribution in [2.75, 3.05) is 0 Å². The molecule has 5 nitrogen and oxygen atoms in total. The summed E-state index contributed by atoms with van der Waals surface area (Å²) in [4.78, 5) is 18.6. The molecular formula is C13H12ClN3O2. The topological polar surface area (TPSA) is 78.1 Å². The summed E-state index contributed by atoms with van der Waals surface area (Å²) in [6, 6.07) is 7.47. The van der Waals surface area contributed by atoms with E-state index in [9.17, 15) is 4.79 Å². The Labute approximate surface area is 115 Å². The molecule has 0 atom stereocenters. The molecule has 2 aromatic rings. The fourth-order valence-electron chi connectivity index (χ4n) is 1.66. The first-order chi connectivity index (χ1) is 9.06. The van der Waals surface area contributed by atoms with Gasteiger partial charge in [-0.25, -0.2) is 14.8 Å². The van der Waals surface area contributed by atoms with Crippen LogP contribution in [0.15, 0.2) is 30.5 Å². The second-order valence-electron chi connectivity index (χ2n) is 3.96. The number of hydrogen-bond donors (Lipinski definition) is 1. The summed E-state index contributed by atoms with van der Waals surface area (Å²) in [5, 5.41) is 0.205. The summed E-state index contributed by atoms with van der Waals surface area (Å²) >= 11 is 5.76. The molecule has 0 aliphatic heterocycles. The number of primary amides is 1. The highest BCUT2D eigenvalue weighted by Gasteiger charge is 2.05. The monoisotopic (exact) mass is 277 g/mol. The van der Waals surface area contributed by atoms with Crippen LogP contribution in [-0.4, -0.2) is 16.1 Å². The molecule has 0 saturated heterocycles. The van der Waals surface area contributed by atoms with E-state index >= 15 is 0 Å². The van der Waals surface area contributed by atoms with Crippen LogP contribution in [-0.2, 0) is 11.3 Å². The van der Waals surface area contributed by atoms with Crippen LogP contribution in [0.1, 0.15) is 11.1 Å². The van der Waals surface area contributed by atoms with Gasteiger partial charge in [0.15, 0.2) is 0 Å². The van der Waals surface area contributed by atoms with Crippen molar-refractivity contribution in [1.82, 2.24) is 9.97 Å². The van der Waals surface area contributed by atoms with Gasteiger partial charge in [0, 0.05) is 11.8 Å². The van der Waals surface area contributed by atoms with E-state index in [1.54, 1.807) is 12.3 Å². The summed E-state index contributed by atoms with van der Waals surface area (Å²) in [7, 11) is 0. The van der Waals surface area contributed by atoms with Gasteiger partial charge >= 0.3 is 6.09 Å². The lowest BCUT2D eigenvalue weighted by Crippen LogP contribution is -2.13. The molecule has 1 aromatic heterocycles. The molecule has 0 spiro atoms. The maximum Gasteiger partial charge on any atom is 0.404 e. The first kappa shape index (κ1) is 13.3. The summed E-state index contributed by atoms with van der Waals surface area (Å²) in [6.45, 7) is 2.08. The molecule has 0 radical (unpaired) electrons. The number of rotatable bonds is 3. The summed E-state index contributed by atoms with van der Waals surface area (Å²) in [6.07, 6.45) is 0.815. The van der Waals surface area contributed by atoms with Crippen molar-refractivity contribution in [2.24, 2.45) is 5.73 Å². The van der Waals surface area contributed by atoms with Crippen LogP contribution in [0.4, 0.5) is 4.79 Å². The third-order valence-electron chi connectivity index (χ3n) is 2.63. The Kier molecular flexibility index (Phi) is 3.97.